The summed E-state index contributed by atoms with van der Waals surface area (Å²) in [4.78, 5) is 26.6. The van der Waals surface area contributed by atoms with Crippen molar-refractivity contribution in [3.05, 3.63) is 52.2 Å². The molecule has 0 fully saturated rings. The molecule has 6 nitrogen and oxygen atoms in total. The van der Waals surface area contributed by atoms with E-state index in [-0.39, 0.29) is 18.5 Å². The van der Waals surface area contributed by atoms with Crippen molar-refractivity contribution < 1.29 is 9.59 Å². The molecule has 0 spiro atoms. The van der Waals surface area contributed by atoms with Gasteiger partial charge in [-0.05, 0) is 37.2 Å². The topological polar surface area (TPSA) is 87.5 Å². The van der Waals surface area contributed by atoms with Crippen LogP contribution in [0.3, 0.4) is 0 Å². The Hall–Kier alpha value is -2.38. The van der Waals surface area contributed by atoms with Crippen molar-refractivity contribution in [1.29, 1.82) is 0 Å². The van der Waals surface area contributed by atoms with Gasteiger partial charge in [0.05, 0.1) is 12.5 Å². The summed E-state index contributed by atoms with van der Waals surface area (Å²) >= 11 is 1.66. The Morgan fingerprint density at radius 1 is 1.21 bits per heavy atom. The first-order chi connectivity index (χ1) is 11.5. The van der Waals surface area contributed by atoms with E-state index in [0.717, 1.165) is 0 Å². The second-order valence-corrected chi connectivity index (χ2v) is 6.61. The smallest absolute Gasteiger partial charge is 0.319 e. The number of hydrogen-bond donors (Lipinski definition) is 3. The fraction of sp³-hybridized carbons (Fsp3) is 0.294. The van der Waals surface area contributed by atoms with Crippen LogP contribution in [0.2, 0.25) is 0 Å². The predicted octanol–water partition coefficient (Wildman–Crippen LogP) is 2.20. The average molecular weight is 346 g/mol. The van der Waals surface area contributed by atoms with Crippen LogP contribution in [0.25, 0.3) is 0 Å². The molecule has 128 valence electrons. The normalized spacial score (nSPS) is 12.0. The van der Waals surface area contributed by atoms with Gasteiger partial charge in [0, 0.05) is 17.1 Å². The summed E-state index contributed by atoms with van der Waals surface area (Å²) < 4.78 is 0. The number of primary amides is 1. The molecule has 4 N–H and O–H groups in total. The third-order valence-corrected chi connectivity index (χ3v) is 4.55. The maximum absolute atomic E-state index is 12.2. The number of para-hydroxylation sites is 1. The largest absolute Gasteiger partial charge is 0.369 e. The summed E-state index contributed by atoms with van der Waals surface area (Å²) in [7, 11) is 3.96. The Labute approximate surface area is 145 Å². The second-order valence-electron chi connectivity index (χ2n) is 5.63. The third kappa shape index (κ3) is 5.07. The maximum atomic E-state index is 12.2. The number of likely N-dealkylation sites (N-methyl/N-ethyl adjacent to an activating group) is 1. The minimum Gasteiger partial charge on any atom is -0.369 e. The van der Waals surface area contributed by atoms with Crippen molar-refractivity contribution in [3.63, 3.8) is 0 Å². The van der Waals surface area contributed by atoms with Crippen LogP contribution in [0.1, 0.15) is 16.5 Å². The molecule has 0 radical (unpaired) electrons. The van der Waals surface area contributed by atoms with Gasteiger partial charge in [0.2, 0.25) is 5.91 Å². The highest BCUT2D eigenvalue weighted by Crippen LogP contribution is 2.22. The van der Waals surface area contributed by atoms with Gasteiger partial charge in [0.1, 0.15) is 0 Å². The summed E-state index contributed by atoms with van der Waals surface area (Å²) in [5.74, 6) is -0.435. The van der Waals surface area contributed by atoms with E-state index in [1.54, 1.807) is 35.6 Å². The Morgan fingerprint density at radius 3 is 2.58 bits per heavy atom. The molecule has 0 aliphatic rings. The number of nitrogens with one attached hydrogen (secondary N) is 2. The van der Waals surface area contributed by atoms with E-state index in [0.29, 0.717) is 17.8 Å². The minimum absolute atomic E-state index is 0.0893. The van der Waals surface area contributed by atoms with E-state index in [4.69, 9.17) is 5.73 Å². The summed E-state index contributed by atoms with van der Waals surface area (Å²) in [5.41, 5.74) is 6.52. The molecule has 7 heteroatoms. The zero-order chi connectivity index (χ0) is 17.5. The predicted molar refractivity (Wildman–Crippen MR) is 97.1 cm³/mol. The number of amides is 3. The number of nitrogens with two attached hydrogens (primary N) is 1. The monoisotopic (exact) mass is 346 g/mol. The molecule has 2 rings (SSSR count). The number of thiophene rings is 1. The first kappa shape index (κ1) is 18.0. The lowest BCUT2D eigenvalue weighted by atomic mass is 10.1. The van der Waals surface area contributed by atoms with E-state index in [2.05, 4.69) is 21.6 Å². The van der Waals surface area contributed by atoms with Gasteiger partial charge in [-0.3, -0.25) is 4.79 Å². The Morgan fingerprint density at radius 2 is 1.96 bits per heavy atom. The molecule has 1 unspecified atom stereocenters. The lowest BCUT2D eigenvalue weighted by Crippen LogP contribution is -2.36. The summed E-state index contributed by atoms with van der Waals surface area (Å²) in [6.07, 6.45) is 0.0893. The Bertz CT molecular complexity index is 686. The Balaban J connectivity index is 1.97. The van der Waals surface area contributed by atoms with Crippen molar-refractivity contribution in [1.82, 2.24) is 10.2 Å². The van der Waals surface area contributed by atoms with Crippen LogP contribution < -0.4 is 16.4 Å². The zero-order valence-electron chi connectivity index (χ0n) is 13.8. The number of rotatable bonds is 7. The van der Waals surface area contributed by atoms with E-state index in [1.165, 1.54) is 4.88 Å². The molecule has 0 aliphatic carbocycles. The highest BCUT2D eigenvalue weighted by atomic mass is 32.1. The summed E-state index contributed by atoms with van der Waals surface area (Å²) in [6, 6.07) is 11.0. The summed E-state index contributed by atoms with van der Waals surface area (Å²) in [6.45, 7) is 0.483. The highest BCUT2D eigenvalue weighted by Gasteiger charge is 2.16. The third-order valence-electron chi connectivity index (χ3n) is 3.58. The zero-order valence-corrected chi connectivity index (χ0v) is 14.6. The fourth-order valence-corrected chi connectivity index (χ4v) is 3.28. The number of anilines is 1. The van der Waals surface area contributed by atoms with Crippen LogP contribution in [-0.2, 0) is 11.2 Å². The first-order valence-electron chi connectivity index (χ1n) is 7.58. The van der Waals surface area contributed by atoms with Crippen LogP contribution in [0.5, 0.6) is 0 Å². The van der Waals surface area contributed by atoms with Crippen LogP contribution in [-0.4, -0.2) is 37.5 Å². The van der Waals surface area contributed by atoms with Gasteiger partial charge < -0.3 is 21.3 Å². The van der Waals surface area contributed by atoms with E-state index >= 15 is 0 Å². The number of benzene rings is 1. The molecule has 0 aliphatic heterocycles. The molecule has 0 saturated heterocycles. The van der Waals surface area contributed by atoms with Crippen LogP contribution >= 0.6 is 11.3 Å². The molecular weight excluding hydrogens is 324 g/mol. The van der Waals surface area contributed by atoms with Crippen molar-refractivity contribution >= 4 is 29.0 Å². The standard InChI is InChI=1S/C17H22N4O2S/c1-21(2)14(15-8-5-9-24-15)11-19-17(23)20-13-7-4-3-6-12(13)10-16(18)22/h3-9,14H,10-11H2,1-2H3,(H2,18,22)(H2,19,20,23). The van der Waals surface area contributed by atoms with Crippen LogP contribution in [0.15, 0.2) is 41.8 Å². The molecule has 24 heavy (non-hydrogen) atoms. The van der Waals surface area contributed by atoms with Gasteiger partial charge in [0.25, 0.3) is 0 Å². The van der Waals surface area contributed by atoms with E-state index < -0.39 is 5.91 Å². The lowest BCUT2D eigenvalue weighted by Gasteiger charge is -2.23. The Kier molecular flexibility index (Phi) is 6.34. The van der Waals surface area contributed by atoms with E-state index in [1.807, 2.05) is 25.5 Å². The SMILES string of the molecule is CN(C)C(CNC(=O)Nc1ccccc1CC(N)=O)c1cccs1. The fourth-order valence-electron chi connectivity index (χ4n) is 2.36. The van der Waals surface area contributed by atoms with Crippen molar-refractivity contribution in [2.45, 2.75) is 12.5 Å². The molecule has 1 atom stereocenters. The lowest BCUT2D eigenvalue weighted by molar-refractivity contribution is -0.117. The van der Waals surface area contributed by atoms with Crippen LogP contribution in [0, 0.1) is 0 Å². The molecule has 3 amide bonds. The average Bonchev–Trinajstić information content (AvgIpc) is 3.02. The number of nitrogens with zero attached hydrogens (tertiary/aromatic N) is 1. The summed E-state index contributed by atoms with van der Waals surface area (Å²) in [5, 5.41) is 7.68. The highest BCUT2D eigenvalue weighted by molar-refractivity contribution is 7.10. The molecule has 0 bridgehead atoms. The number of urea groups is 1. The molecule has 2 aromatic rings. The van der Waals surface area contributed by atoms with Crippen molar-refractivity contribution in [2.75, 3.05) is 26.0 Å². The number of carbonyl (C=O) groups is 2. The van der Waals surface area contributed by atoms with Crippen molar-refractivity contribution in [3.8, 4) is 0 Å². The van der Waals surface area contributed by atoms with E-state index in [9.17, 15) is 9.59 Å². The molecular formula is C17H22N4O2S. The van der Waals surface area contributed by atoms with Gasteiger partial charge in [-0.15, -0.1) is 11.3 Å². The maximum Gasteiger partial charge on any atom is 0.319 e. The van der Waals surface area contributed by atoms with Crippen LogP contribution in [0.4, 0.5) is 10.5 Å². The first-order valence-corrected chi connectivity index (χ1v) is 8.46. The van der Waals surface area contributed by atoms with Crippen molar-refractivity contribution in [2.24, 2.45) is 5.73 Å². The minimum atomic E-state index is -0.435. The second kappa shape index (κ2) is 8.47. The van der Waals surface area contributed by atoms with Gasteiger partial charge >= 0.3 is 6.03 Å². The number of carbonyl (C=O) groups excluding carboxylic acids is 2. The number of hydrogen-bond acceptors (Lipinski definition) is 4. The van der Waals surface area contributed by atoms with Gasteiger partial charge in [-0.25, -0.2) is 4.79 Å². The molecule has 1 heterocycles. The van der Waals surface area contributed by atoms with Gasteiger partial charge in [-0.2, -0.15) is 0 Å². The van der Waals surface area contributed by atoms with Gasteiger partial charge in [-0.1, -0.05) is 24.3 Å². The quantitative estimate of drug-likeness (QED) is 0.718. The van der Waals surface area contributed by atoms with Gasteiger partial charge in [0.15, 0.2) is 0 Å². The molecule has 0 saturated carbocycles. The molecule has 1 aromatic heterocycles. The molecule has 1 aromatic carbocycles.